The van der Waals surface area contributed by atoms with Gasteiger partial charge in [0.25, 0.3) is 5.91 Å². The Bertz CT molecular complexity index is 530. The summed E-state index contributed by atoms with van der Waals surface area (Å²) in [4.78, 5) is 23.1. The summed E-state index contributed by atoms with van der Waals surface area (Å²) in [5.74, 6) is 0.143. The first-order valence-corrected chi connectivity index (χ1v) is 5.88. The molecule has 1 atom stereocenters. The van der Waals surface area contributed by atoms with Gasteiger partial charge >= 0.3 is 6.09 Å². The van der Waals surface area contributed by atoms with Crippen LogP contribution in [-0.4, -0.2) is 18.6 Å². The number of hydrogen-bond donors (Lipinski definition) is 1. The van der Waals surface area contributed by atoms with E-state index in [9.17, 15) is 9.59 Å². The Balaban J connectivity index is 2.17. The zero-order valence-corrected chi connectivity index (χ0v) is 10.2. The van der Waals surface area contributed by atoms with Gasteiger partial charge in [0.05, 0.1) is 6.61 Å². The summed E-state index contributed by atoms with van der Waals surface area (Å²) >= 11 is 3.33. The summed E-state index contributed by atoms with van der Waals surface area (Å²) in [6.45, 7) is 0.337. The maximum Gasteiger partial charge on any atom is 0.415 e. The van der Waals surface area contributed by atoms with E-state index < -0.39 is 17.6 Å². The molecule has 0 aromatic heterocycles. The van der Waals surface area contributed by atoms with E-state index >= 15 is 0 Å². The molecular formula is C11H8BrNO4. The normalized spacial score (nSPS) is 26.2. The Kier molecular flexibility index (Phi) is 2.16. The first kappa shape index (κ1) is 10.6. The lowest BCUT2D eigenvalue weighted by molar-refractivity contribution is -0.134. The maximum atomic E-state index is 11.9. The molecule has 6 heteroatoms. The third-order valence-corrected chi connectivity index (χ3v) is 3.43. The van der Waals surface area contributed by atoms with Crippen molar-refractivity contribution >= 4 is 27.9 Å². The van der Waals surface area contributed by atoms with Crippen molar-refractivity contribution in [3.8, 4) is 5.75 Å². The predicted molar refractivity (Wildman–Crippen MR) is 60.6 cm³/mol. The fraction of sp³-hybridized carbons (Fsp3) is 0.273. The van der Waals surface area contributed by atoms with Gasteiger partial charge in [0, 0.05) is 16.5 Å². The Morgan fingerprint density at radius 2 is 2.18 bits per heavy atom. The van der Waals surface area contributed by atoms with Gasteiger partial charge in [-0.25, -0.2) is 4.79 Å². The highest BCUT2D eigenvalue weighted by Crippen LogP contribution is 2.43. The highest BCUT2D eigenvalue weighted by atomic mass is 79.9. The molecule has 1 aromatic rings. The van der Waals surface area contributed by atoms with Crippen molar-refractivity contribution in [2.24, 2.45) is 0 Å². The number of nitrogens with one attached hydrogen (secondary N) is 1. The number of halogens is 1. The Hall–Kier alpha value is -1.56. The molecule has 1 aromatic carbocycles. The average Bonchev–Trinajstić information content (AvgIpc) is 2.54. The topological polar surface area (TPSA) is 64.6 Å². The number of benzene rings is 1. The molecule has 5 nitrogen and oxygen atoms in total. The molecule has 2 aliphatic heterocycles. The number of imide groups is 1. The van der Waals surface area contributed by atoms with Crippen LogP contribution in [0.1, 0.15) is 12.0 Å². The lowest BCUT2D eigenvalue weighted by Crippen LogP contribution is -2.40. The smallest absolute Gasteiger partial charge is 0.415 e. The molecule has 3 rings (SSSR count). The zero-order chi connectivity index (χ0) is 12.0. The summed E-state index contributed by atoms with van der Waals surface area (Å²) in [6, 6.07) is 5.28. The van der Waals surface area contributed by atoms with Crippen molar-refractivity contribution in [3.05, 3.63) is 28.2 Å². The number of rotatable bonds is 0. The lowest BCUT2D eigenvalue weighted by atomic mass is 9.87. The van der Waals surface area contributed by atoms with Crippen LogP contribution >= 0.6 is 15.9 Å². The van der Waals surface area contributed by atoms with E-state index in [2.05, 4.69) is 21.2 Å². The molecule has 1 N–H and O–H groups in total. The van der Waals surface area contributed by atoms with Crippen molar-refractivity contribution in [1.82, 2.24) is 5.32 Å². The molecule has 0 unspecified atom stereocenters. The van der Waals surface area contributed by atoms with Gasteiger partial charge in [-0.3, -0.25) is 10.1 Å². The number of carbonyl (C=O) groups excluding carboxylic acids is 2. The van der Waals surface area contributed by atoms with E-state index in [1.807, 2.05) is 0 Å². The van der Waals surface area contributed by atoms with Crippen molar-refractivity contribution in [1.29, 1.82) is 0 Å². The van der Waals surface area contributed by atoms with Crippen LogP contribution in [-0.2, 0) is 15.1 Å². The van der Waals surface area contributed by atoms with E-state index in [1.165, 1.54) is 0 Å². The van der Waals surface area contributed by atoms with Gasteiger partial charge in [-0.2, -0.15) is 0 Å². The molecule has 88 valence electrons. The molecular weight excluding hydrogens is 290 g/mol. The molecule has 17 heavy (non-hydrogen) atoms. The second-order valence-electron chi connectivity index (χ2n) is 3.91. The van der Waals surface area contributed by atoms with Crippen LogP contribution in [0.3, 0.4) is 0 Å². The first-order valence-electron chi connectivity index (χ1n) is 5.09. The van der Waals surface area contributed by atoms with Gasteiger partial charge in [0.2, 0.25) is 5.60 Å². The number of ether oxygens (including phenoxy) is 2. The van der Waals surface area contributed by atoms with Crippen molar-refractivity contribution in [3.63, 3.8) is 0 Å². The fourth-order valence-corrected chi connectivity index (χ4v) is 2.49. The lowest BCUT2D eigenvalue weighted by Gasteiger charge is -2.31. The highest BCUT2D eigenvalue weighted by molar-refractivity contribution is 9.10. The van der Waals surface area contributed by atoms with Crippen LogP contribution in [0.4, 0.5) is 4.79 Å². The SMILES string of the molecule is O=C1NC(=O)[C@@]2(CCOc3cc(Br)ccc32)O1. The summed E-state index contributed by atoms with van der Waals surface area (Å²) in [5, 5.41) is 2.17. The summed E-state index contributed by atoms with van der Waals surface area (Å²) in [5.41, 5.74) is -0.624. The van der Waals surface area contributed by atoms with E-state index in [0.717, 1.165) is 4.47 Å². The Morgan fingerprint density at radius 3 is 2.88 bits per heavy atom. The van der Waals surface area contributed by atoms with Gasteiger partial charge < -0.3 is 9.47 Å². The number of amides is 2. The van der Waals surface area contributed by atoms with Crippen molar-refractivity contribution < 1.29 is 19.1 Å². The summed E-state index contributed by atoms with van der Waals surface area (Å²) < 4.78 is 11.5. The fourth-order valence-electron chi connectivity index (χ4n) is 2.15. The van der Waals surface area contributed by atoms with E-state index in [-0.39, 0.29) is 0 Å². The maximum absolute atomic E-state index is 11.9. The number of carbonyl (C=O) groups is 2. The molecule has 0 aliphatic carbocycles. The molecule has 2 amide bonds. The Morgan fingerprint density at radius 1 is 1.35 bits per heavy atom. The summed E-state index contributed by atoms with van der Waals surface area (Å²) in [7, 11) is 0. The van der Waals surface area contributed by atoms with Gasteiger partial charge in [-0.1, -0.05) is 15.9 Å². The number of alkyl carbamates (subject to hydrolysis) is 1. The minimum Gasteiger partial charge on any atom is -0.493 e. The molecule has 0 radical (unpaired) electrons. The second-order valence-corrected chi connectivity index (χ2v) is 4.83. The molecule has 2 aliphatic rings. The second kappa shape index (κ2) is 3.46. The third kappa shape index (κ3) is 1.44. The van der Waals surface area contributed by atoms with Gasteiger partial charge in [-0.15, -0.1) is 0 Å². The average molecular weight is 298 g/mol. The van der Waals surface area contributed by atoms with E-state index in [0.29, 0.717) is 24.3 Å². The van der Waals surface area contributed by atoms with Gasteiger partial charge in [0.15, 0.2) is 0 Å². The van der Waals surface area contributed by atoms with Crippen LogP contribution in [0.5, 0.6) is 5.75 Å². The minimum absolute atomic E-state index is 0.333. The Labute approximate surface area is 105 Å². The quantitative estimate of drug-likeness (QED) is 0.791. The number of fused-ring (bicyclic) bond motifs is 2. The van der Waals surface area contributed by atoms with Crippen LogP contribution in [0.2, 0.25) is 0 Å². The molecule has 0 saturated carbocycles. The zero-order valence-electron chi connectivity index (χ0n) is 8.66. The van der Waals surface area contributed by atoms with Gasteiger partial charge in [0.1, 0.15) is 5.75 Å². The standard InChI is InChI=1S/C11H8BrNO4/c12-6-1-2-7-8(5-6)16-4-3-11(7)9(14)13-10(15)17-11/h1-2,5H,3-4H2,(H,13,14,15)/t11-/m0/s1. The van der Waals surface area contributed by atoms with Crippen LogP contribution in [0.15, 0.2) is 22.7 Å². The third-order valence-electron chi connectivity index (χ3n) is 2.94. The molecule has 1 fully saturated rings. The van der Waals surface area contributed by atoms with Gasteiger partial charge in [-0.05, 0) is 18.2 Å². The predicted octanol–water partition coefficient (Wildman–Crippen LogP) is 1.69. The van der Waals surface area contributed by atoms with Crippen molar-refractivity contribution in [2.45, 2.75) is 12.0 Å². The molecule has 1 saturated heterocycles. The van der Waals surface area contributed by atoms with Crippen molar-refractivity contribution in [2.75, 3.05) is 6.61 Å². The largest absolute Gasteiger partial charge is 0.493 e. The molecule has 1 spiro atoms. The van der Waals surface area contributed by atoms with E-state index in [1.54, 1.807) is 18.2 Å². The van der Waals surface area contributed by atoms with Crippen LogP contribution < -0.4 is 10.1 Å². The van der Waals surface area contributed by atoms with Crippen LogP contribution in [0.25, 0.3) is 0 Å². The monoisotopic (exact) mass is 297 g/mol. The molecule has 0 bridgehead atoms. The summed E-state index contributed by atoms with van der Waals surface area (Å²) in [6.07, 6.45) is -0.370. The van der Waals surface area contributed by atoms with Crippen LogP contribution in [0, 0.1) is 0 Å². The molecule has 2 heterocycles. The minimum atomic E-state index is -1.22. The first-order chi connectivity index (χ1) is 8.12. The highest BCUT2D eigenvalue weighted by Gasteiger charge is 2.53. The number of hydrogen-bond acceptors (Lipinski definition) is 4. The van der Waals surface area contributed by atoms with E-state index in [4.69, 9.17) is 9.47 Å².